The minimum absolute atomic E-state index is 0.442. The van der Waals surface area contributed by atoms with E-state index in [1.807, 2.05) is 0 Å². The molecular formula is C16H25NO. The van der Waals surface area contributed by atoms with Gasteiger partial charge in [0.2, 0.25) is 0 Å². The number of hydrogen-bond acceptors (Lipinski definition) is 2. The highest BCUT2D eigenvalue weighted by Gasteiger charge is 2.22. The van der Waals surface area contributed by atoms with Gasteiger partial charge >= 0.3 is 0 Å². The summed E-state index contributed by atoms with van der Waals surface area (Å²) in [6.45, 7) is 9.75. The molecule has 0 saturated carbocycles. The van der Waals surface area contributed by atoms with E-state index in [9.17, 15) is 0 Å². The van der Waals surface area contributed by atoms with Crippen molar-refractivity contribution in [2.24, 2.45) is 0 Å². The Hall–Kier alpha value is -1.02. The molecule has 0 bridgehead atoms. The molecule has 0 spiro atoms. The second-order valence-electron chi connectivity index (χ2n) is 5.62. The fourth-order valence-corrected chi connectivity index (χ4v) is 2.53. The normalized spacial score (nSPS) is 20.4. The van der Waals surface area contributed by atoms with Gasteiger partial charge in [-0.25, -0.2) is 0 Å². The zero-order valence-electron chi connectivity index (χ0n) is 12.0. The van der Waals surface area contributed by atoms with Gasteiger partial charge in [-0.2, -0.15) is 0 Å². The quantitative estimate of drug-likeness (QED) is 0.867. The van der Waals surface area contributed by atoms with E-state index in [-0.39, 0.29) is 0 Å². The molecule has 100 valence electrons. The van der Waals surface area contributed by atoms with E-state index >= 15 is 0 Å². The van der Waals surface area contributed by atoms with Gasteiger partial charge in [-0.15, -0.1) is 0 Å². The molecular weight excluding hydrogens is 222 g/mol. The lowest BCUT2D eigenvalue weighted by Crippen LogP contribution is -2.32. The van der Waals surface area contributed by atoms with Crippen molar-refractivity contribution in [3.8, 4) is 5.75 Å². The van der Waals surface area contributed by atoms with E-state index < -0.39 is 0 Å². The van der Waals surface area contributed by atoms with Crippen molar-refractivity contribution in [1.29, 1.82) is 0 Å². The predicted octanol–water partition coefficient (Wildman–Crippen LogP) is 4.02. The standard InChI is InChI=1S/C16H25NO/c1-5-12(4)13-6-7-16-14(10-13)15(8-9-18-16)17-11(2)3/h6-7,10-12,15,17H,5,8-9H2,1-4H3. The molecule has 2 heteroatoms. The maximum absolute atomic E-state index is 5.76. The van der Waals surface area contributed by atoms with Crippen LogP contribution in [0.1, 0.15) is 63.6 Å². The van der Waals surface area contributed by atoms with E-state index in [0.717, 1.165) is 18.8 Å². The van der Waals surface area contributed by atoms with Crippen LogP contribution in [0.2, 0.25) is 0 Å². The van der Waals surface area contributed by atoms with Crippen molar-refractivity contribution in [1.82, 2.24) is 5.32 Å². The summed E-state index contributed by atoms with van der Waals surface area (Å²) in [5, 5.41) is 3.64. The third-order valence-electron chi connectivity index (χ3n) is 3.79. The van der Waals surface area contributed by atoms with E-state index in [2.05, 4.69) is 51.2 Å². The molecule has 1 heterocycles. The minimum Gasteiger partial charge on any atom is -0.493 e. The smallest absolute Gasteiger partial charge is 0.124 e. The van der Waals surface area contributed by atoms with E-state index in [1.165, 1.54) is 17.5 Å². The van der Waals surface area contributed by atoms with Gasteiger partial charge in [-0.05, 0) is 24.0 Å². The Morgan fingerprint density at radius 3 is 2.78 bits per heavy atom. The summed E-state index contributed by atoms with van der Waals surface area (Å²) < 4.78 is 5.76. The van der Waals surface area contributed by atoms with Crippen molar-refractivity contribution in [2.45, 2.75) is 58.5 Å². The summed E-state index contributed by atoms with van der Waals surface area (Å²) in [7, 11) is 0. The van der Waals surface area contributed by atoms with Gasteiger partial charge in [0.05, 0.1) is 6.61 Å². The number of benzene rings is 1. The lowest BCUT2D eigenvalue weighted by Gasteiger charge is -2.29. The number of ether oxygens (including phenoxy) is 1. The second-order valence-corrected chi connectivity index (χ2v) is 5.62. The van der Waals surface area contributed by atoms with Crippen LogP contribution < -0.4 is 10.1 Å². The number of fused-ring (bicyclic) bond motifs is 1. The summed E-state index contributed by atoms with van der Waals surface area (Å²) in [5.41, 5.74) is 2.77. The van der Waals surface area contributed by atoms with Crippen LogP contribution in [-0.4, -0.2) is 12.6 Å². The van der Waals surface area contributed by atoms with Gasteiger partial charge in [-0.1, -0.05) is 39.8 Å². The van der Waals surface area contributed by atoms with Crippen molar-refractivity contribution in [3.63, 3.8) is 0 Å². The first-order valence-electron chi connectivity index (χ1n) is 7.14. The highest BCUT2D eigenvalue weighted by molar-refractivity contribution is 5.41. The number of rotatable bonds is 4. The Balaban J connectivity index is 2.29. The van der Waals surface area contributed by atoms with Crippen LogP contribution in [0.15, 0.2) is 18.2 Å². The van der Waals surface area contributed by atoms with Crippen molar-refractivity contribution in [3.05, 3.63) is 29.3 Å². The maximum Gasteiger partial charge on any atom is 0.124 e. The van der Waals surface area contributed by atoms with Gasteiger partial charge in [-0.3, -0.25) is 0 Å². The molecule has 1 aliphatic heterocycles. The summed E-state index contributed by atoms with van der Waals surface area (Å²) in [4.78, 5) is 0. The summed E-state index contributed by atoms with van der Waals surface area (Å²) in [6, 6.07) is 7.64. The molecule has 2 atom stereocenters. The molecule has 1 aliphatic rings. The summed E-state index contributed by atoms with van der Waals surface area (Å²) in [5.74, 6) is 1.68. The molecule has 0 fully saturated rings. The molecule has 0 radical (unpaired) electrons. The summed E-state index contributed by atoms with van der Waals surface area (Å²) >= 11 is 0. The van der Waals surface area contributed by atoms with Gasteiger partial charge in [0.15, 0.2) is 0 Å². The molecule has 0 aromatic heterocycles. The first-order chi connectivity index (χ1) is 8.61. The largest absolute Gasteiger partial charge is 0.493 e. The average molecular weight is 247 g/mol. The molecule has 0 aliphatic carbocycles. The van der Waals surface area contributed by atoms with Gasteiger partial charge < -0.3 is 10.1 Å². The Morgan fingerprint density at radius 2 is 2.11 bits per heavy atom. The van der Waals surface area contributed by atoms with Crippen LogP contribution in [0.5, 0.6) is 5.75 Å². The maximum atomic E-state index is 5.76. The molecule has 18 heavy (non-hydrogen) atoms. The van der Waals surface area contributed by atoms with Gasteiger partial charge in [0.1, 0.15) is 5.75 Å². The molecule has 1 N–H and O–H groups in total. The zero-order chi connectivity index (χ0) is 13.1. The highest BCUT2D eigenvalue weighted by atomic mass is 16.5. The van der Waals surface area contributed by atoms with Crippen LogP contribution in [0.3, 0.4) is 0 Å². The second kappa shape index (κ2) is 5.75. The van der Waals surface area contributed by atoms with E-state index in [0.29, 0.717) is 18.0 Å². The van der Waals surface area contributed by atoms with Crippen LogP contribution in [0, 0.1) is 0 Å². The number of hydrogen-bond donors (Lipinski definition) is 1. The average Bonchev–Trinajstić information content (AvgIpc) is 2.37. The first-order valence-corrected chi connectivity index (χ1v) is 7.14. The van der Waals surface area contributed by atoms with Crippen molar-refractivity contribution < 1.29 is 4.74 Å². The van der Waals surface area contributed by atoms with E-state index in [4.69, 9.17) is 4.74 Å². The van der Waals surface area contributed by atoms with Gasteiger partial charge in [0, 0.05) is 24.1 Å². The Bertz CT molecular complexity index is 400. The van der Waals surface area contributed by atoms with Crippen LogP contribution >= 0.6 is 0 Å². The fourth-order valence-electron chi connectivity index (χ4n) is 2.53. The zero-order valence-corrected chi connectivity index (χ0v) is 12.0. The monoisotopic (exact) mass is 247 g/mol. The van der Waals surface area contributed by atoms with Gasteiger partial charge in [0.25, 0.3) is 0 Å². The fraction of sp³-hybridized carbons (Fsp3) is 0.625. The number of nitrogens with one attached hydrogen (secondary N) is 1. The van der Waals surface area contributed by atoms with Crippen molar-refractivity contribution in [2.75, 3.05) is 6.61 Å². The molecule has 2 rings (SSSR count). The van der Waals surface area contributed by atoms with E-state index in [1.54, 1.807) is 0 Å². The van der Waals surface area contributed by atoms with Crippen LogP contribution in [0.25, 0.3) is 0 Å². The Kier molecular flexibility index (Phi) is 4.28. The van der Waals surface area contributed by atoms with Crippen LogP contribution in [-0.2, 0) is 0 Å². The molecule has 2 nitrogen and oxygen atoms in total. The highest BCUT2D eigenvalue weighted by Crippen LogP contribution is 2.35. The lowest BCUT2D eigenvalue weighted by molar-refractivity contribution is 0.247. The molecule has 0 amide bonds. The molecule has 2 unspecified atom stereocenters. The third-order valence-corrected chi connectivity index (χ3v) is 3.79. The third kappa shape index (κ3) is 2.86. The minimum atomic E-state index is 0.442. The molecule has 1 aromatic carbocycles. The van der Waals surface area contributed by atoms with Crippen molar-refractivity contribution >= 4 is 0 Å². The predicted molar refractivity (Wildman–Crippen MR) is 76.3 cm³/mol. The molecule has 0 saturated heterocycles. The van der Waals surface area contributed by atoms with Crippen LogP contribution in [0.4, 0.5) is 0 Å². The SMILES string of the molecule is CCC(C)c1ccc2c(c1)C(NC(C)C)CCO2. The molecule has 1 aromatic rings. The Morgan fingerprint density at radius 1 is 1.33 bits per heavy atom. The lowest BCUT2D eigenvalue weighted by atomic mass is 9.92. The Labute approximate surface area is 111 Å². The topological polar surface area (TPSA) is 21.3 Å². The first kappa shape index (κ1) is 13.4. The summed E-state index contributed by atoms with van der Waals surface area (Å²) in [6.07, 6.45) is 2.25.